The van der Waals surface area contributed by atoms with Gasteiger partial charge >= 0.3 is 6.18 Å². The molecule has 0 radical (unpaired) electrons. The molecule has 0 saturated carbocycles. The van der Waals surface area contributed by atoms with Crippen molar-refractivity contribution in [1.29, 1.82) is 0 Å². The quantitative estimate of drug-likeness (QED) is 0.565. The van der Waals surface area contributed by atoms with Gasteiger partial charge in [0.05, 0.1) is 17.6 Å². The number of carbonyl (C=O) groups is 1. The maximum atomic E-state index is 13.0. The van der Waals surface area contributed by atoms with Crippen LogP contribution in [0, 0.1) is 0 Å². The first-order valence-corrected chi connectivity index (χ1v) is 9.79. The monoisotopic (exact) mass is 431 g/mol. The Balaban J connectivity index is 1.50. The summed E-state index contributed by atoms with van der Waals surface area (Å²) in [6.45, 7) is 4.04. The van der Waals surface area contributed by atoms with E-state index in [0.717, 1.165) is 23.4 Å². The molecule has 0 N–H and O–H groups in total. The standard InChI is InChI=1S/C22H20F3N3O3/c1-13(2)30-18-8-6-14(7-9-18)20-26-21(31-27-20)15-10-19(29)28(12-15)17-5-3-4-16(11-17)22(23,24)25/h3-9,11,13,15H,10,12H2,1-2H3. The van der Waals surface area contributed by atoms with Crippen molar-refractivity contribution >= 4 is 11.6 Å². The number of amides is 1. The van der Waals surface area contributed by atoms with E-state index in [1.165, 1.54) is 17.0 Å². The number of ether oxygens (including phenoxy) is 1. The summed E-state index contributed by atoms with van der Waals surface area (Å²) in [6.07, 6.45) is -4.34. The molecule has 4 rings (SSSR count). The van der Waals surface area contributed by atoms with Crippen LogP contribution in [0.5, 0.6) is 5.75 Å². The minimum absolute atomic E-state index is 0.0577. The number of hydrogen-bond acceptors (Lipinski definition) is 5. The number of halogens is 3. The van der Waals surface area contributed by atoms with E-state index in [-0.39, 0.29) is 36.6 Å². The Morgan fingerprint density at radius 1 is 1.16 bits per heavy atom. The molecule has 0 bridgehead atoms. The van der Waals surface area contributed by atoms with Crippen molar-refractivity contribution in [3.8, 4) is 17.1 Å². The van der Waals surface area contributed by atoms with Gasteiger partial charge in [0, 0.05) is 24.2 Å². The molecular weight excluding hydrogens is 411 g/mol. The number of rotatable bonds is 5. The number of hydrogen-bond donors (Lipinski definition) is 0. The van der Waals surface area contributed by atoms with E-state index < -0.39 is 17.7 Å². The molecular formula is C22H20F3N3O3. The van der Waals surface area contributed by atoms with Gasteiger partial charge in [0.1, 0.15) is 5.75 Å². The topological polar surface area (TPSA) is 68.5 Å². The van der Waals surface area contributed by atoms with Gasteiger partial charge in [-0.2, -0.15) is 18.2 Å². The van der Waals surface area contributed by atoms with E-state index in [2.05, 4.69) is 10.1 Å². The SMILES string of the molecule is CC(C)Oc1ccc(-c2noc(C3CC(=O)N(c4cccc(C(F)(F)F)c4)C3)n2)cc1. The van der Waals surface area contributed by atoms with Crippen LogP contribution in [-0.4, -0.2) is 28.7 Å². The second kappa shape index (κ2) is 8.05. The average molecular weight is 431 g/mol. The van der Waals surface area contributed by atoms with Gasteiger partial charge in [-0.3, -0.25) is 4.79 Å². The maximum Gasteiger partial charge on any atom is 0.416 e. The van der Waals surface area contributed by atoms with Crippen LogP contribution in [-0.2, 0) is 11.0 Å². The Morgan fingerprint density at radius 2 is 1.90 bits per heavy atom. The molecule has 2 aromatic carbocycles. The summed E-state index contributed by atoms with van der Waals surface area (Å²) in [6, 6.07) is 11.9. The van der Waals surface area contributed by atoms with Crippen LogP contribution >= 0.6 is 0 Å². The van der Waals surface area contributed by atoms with E-state index in [4.69, 9.17) is 9.26 Å². The second-order valence-electron chi connectivity index (χ2n) is 7.60. The Kier molecular flexibility index (Phi) is 5.43. The van der Waals surface area contributed by atoms with Crippen molar-refractivity contribution in [2.75, 3.05) is 11.4 Å². The lowest BCUT2D eigenvalue weighted by Crippen LogP contribution is -2.24. The van der Waals surface area contributed by atoms with E-state index in [9.17, 15) is 18.0 Å². The van der Waals surface area contributed by atoms with E-state index in [0.29, 0.717) is 5.82 Å². The largest absolute Gasteiger partial charge is 0.491 e. The summed E-state index contributed by atoms with van der Waals surface area (Å²) in [5.41, 5.74) is 0.124. The molecule has 1 aliphatic heterocycles. The molecule has 1 unspecified atom stereocenters. The van der Waals surface area contributed by atoms with Crippen molar-refractivity contribution in [3.63, 3.8) is 0 Å². The Bertz CT molecular complexity index is 1080. The molecule has 1 amide bonds. The maximum absolute atomic E-state index is 13.0. The van der Waals surface area contributed by atoms with Crippen molar-refractivity contribution in [2.45, 2.75) is 38.5 Å². The van der Waals surface area contributed by atoms with Gasteiger partial charge in [-0.05, 0) is 56.3 Å². The Labute approximate surface area is 176 Å². The fourth-order valence-corrected chi connectivity index (χ4v) is 3.45. The van der Waals surface area contributed by atoms with E-state index >= 15 is 0 Å². The van der Waals surface area contributed by atoms with Crippen LogP contribution < -0.4 is 9.64 Å². The second-order valence-corrected chi connectivity index (χ2v) is 7.60. The number of aromatic nitrogens is 2. The highest BCUT2D eigenvalue weighted by Crippen LogP contribution is 2.35. The lowest BCUT2D eigenvalue weighted by atomic mass is 10.1. The lowest BCUT2D eigenvalue weighted by molar-refractivity contribution is -0.137. The van der Waals surface area contributed by atoms with Crippen LogP contribution in [0.15, 0.2) is 53.1 Å². The Morgan fingerprint density at radius 3 is 2.58 bits per heavy atom. The van der Waals surface area contributed by atoms with E-state index in [1.54, 1.807) is 24.3 Å². The number of nitrogens with zero attached hydrogens (tertiary/aromatic N) is 3. The first-order valence-electron chi connectivity index (χ1n) is 9.79. The number of anilines is 1. The molecule has 1 saturated heterocycles. The average Bonchev–Trinajstić information content (AvgIpc) is 3.34. The molecule has 0 spiro atoms. The summed E-state index contributed by atoms with van der Waals surface area (Å²) in [5.74, 6) is 0.683. The van der Waals surface area contributed by atoms with Crippen LogP contribution in [0.25, 0.3) is 11.4 Å². The normalized spacial score (nSPS) is 16.9. The van der Waals surface area contributed by atoms with Gasteiger partial charge in [-0.1, -0.05) is 11.2 Å². The minimum atomic E-state index is -4.48. The van der Waals surface area contributed by atoms with Gasteiger partial charge in [0.2, 0.25) is 17.6 Å². The van der Waals surface area contributed by atoms with Gasteiger partial charge < -0.3 is 14.2 Å². The fourth-order valence-electron chi connectivity index (χ4n) is 3.45. The van der Waals surface area contributed by atoms with Gasteiger partial charge in [-0.15, -0.1) is 0 Å². The molecule has 1 atom stereocenters. The summed E-state index contributed by atoms with van der Waals surface area (Å²) < 4.78 is 50.0. The number of alkyl halides is 3. The highest BCUT2D eigenvalue weighted by Gasteiger charge is 2.37. The third kappa shape index (κ3) is 4.55. The van der Waals surface area contributed by atoms with Crippen molar-refractivity contribution < 1.29 is 27.2 Å². The number of benzene rings is 2. The zero-order chi connectivity index (χ0) is 22.2. The summed E-state index contributed by atoms with van der Waals surface area (Å²) in [4.78, 5) is 18.2. The zero-order valence-electron chi connectivity index (χ0n) is 16.9. The smallest absolute Gasteiger partial charge is 0.416 e. The molecule has 6 nitrogen and oxygen atoms in total. The van der Waals surface area contributed by atoms with Crippen LogP contribution in [0.3, 0.4) is 0 Å². The van der Waals surface area contributed by atoms with Gasteiger partial charge in [-0.25, -0.2) is 0 Å². The first kappa shape index (κ1) is 20.9. The summed E-state index contributed by atoms with van der Waals surface area (Å²) >= 11 is 0. The van der Waals surface area contributed by atoms with Crippen LogP contribution in [0.1, 0.15) is 37.6 Å². The Hall–Kier alpha value is -3.36. The molecule has 1 aromatic heterocycles. The molecule has 2 heterocycles. The molecule has 162 valence electrons. The number of carbonyl (C=O) groups excluding carboxylic acids is 1. The van der Waals surface area contributed by atoms with Crippen molar-refractivity contribution in [3.05, 3.63) is 60.0 Å². The third-order valence-corrected chi connectivity index (χ3v) is 4.89. The summed E-state index contributed by atoms with van der Waals surface area (Å²) in [7, 11) is 0. The van der Waals surface area contributed by atoms with Crippen LogP contribution in [0.4, 0.5) is 18.9 Å². The van der Waals surface area contributed by atoms with Crippen LogP contribution in [0.2, 0.25) is 0 Å². The van der Waals surface area contributed by atoms with Crippen molar-refractivity contribution in [2.24, 2.45) is 0 Å². The van der Waals surface area contributed by atoms with Crippen molar-refractivity contribution in [1.82, 2.24) is 10.1 Å². The minimum Gasteiger partial charge on any atom is -0.491 e. The fraction of sp³-hybridized carbons (Fsp3) is 0.318. The van der Waals surface area contributed by atoms with Gasteiger partial charge in [0.25, 0.3) is 0 Å². The molecule has 1 fully saturated rings. The highest BCUT2D eigenvalue weighted by molar-refractivity contribution is 5.96. The van der Waals surface area contributed by atoms with Gasteiger partial charge in [0.15, 0.2) is 0 Å². The first-order chi connectivity index (χ1) is 14.7. The molecule has 1 aliphatic rings. The lowest BCUT2D eigenvalue weighted by Gasteiger charge is -2.17. The molecule has 3 aromatic rings. The molecule has 0 aliphatic carbocycles. The third-order valence-electron chi connectivity index (χ3n) is 4.89. The van der Waals surface area contributed by atoms with E-state index in [1.807, 2.05) is 13.8 Å². The predicted molar refractivity (Wildman–Crippen MR) is 107 cm³/mol. The molecule has 31 heavy (non-hydrogen) atoms. The zero-order valence-corrected chi connectivity index (χ0v) is 16.9. The highest BCUT2D eigenvalue weighted by atomic mass is 19.4. The predicted octanol–water partition coefficient (Wildman–Crippen LogP) is 5.06. The molecule has 9 heteroatoms. The summed E-state index contributed by atoms with van der Waals surface area (Å²) in [5, 5.41) is 3.99.